The van der Waals surface area contributed by atoms with Gasteiger partial charge in [0.1, 0.15) is 11.6 Å². The maximum atomic E-state index is 13.0. The van der Waals surface area contributed by atoms with Gasteiger partial charge in [-0.25, -0.2) is 4.39 Å². The van der Waals surface area contributed by atoms with E-state index in [9.17, 15) is 9.18 Å². The number of anilines is 1. The van der Waals surface area contributed by atoms with E-state index in [0.717, 1.165) is 5.56 Å². The first-order chi connectivity index (χ1) is 11.5. The third-order valence-electron chi connectivity index (χ3n) is 3.36. The molecule has 1 heterocycles. The average Bonchev–Trinajstić information content (AvgIpc) is 2.83. The molecule has 24 heavy (non-hydrogen) atoms. The van der Waals surface area contributed by atoms with Gasteiger partial charge in [0.2, 0.25) is 0 Å². The van der Waals surface area contributed by atoms with Gasteiger partial charge >= 0.3 is 0 Å². The topological polar surface area (TPSA) is 29.5 Å². The largest absolute Gasteiger partial charge is 0.495 e. The van der Waals surface area contributed by atoms with Gasteiger partial charge in [-0.1, -0.05) is 47.7 Å². The molecule has 1 fully saturated rings. The zero-order valence-electron chi connectivity index (χ0n) is 12.5. The van der Waals surface area contributed by atoms with E-state index in [0.29, 0.717) is 25.7 Å². The fraction of sp³-hybridized carbons (Fsp3) is 0.0588. The number of thioether (sulfide) groups is 1. The first-order valence-electron chi connectivity index (χ1n) is 6.86. The Morgan fingerprint density at radius 1 is 1.25 bits per heavy atom. The van der Waals surface area contributed by atoms with E-state index in [-0.39, 0.29) is 11.7 Å². The summed E-state index contributed by atoms with van der Waals surface area (Å²) in [5.74, 6) is -0.0455. The molecule has 0 unspecified atom stereocenters. The van der Waals surface area contributed by atoms with Crippen molar-refractivity contribution in [2.45, 2.75) is 0 Å². The van der Waals surface area contributed by atoms with Crippen molar-refractivity contribution >= 4 is 57.6 Å². The molecule has 3 rings (SSSR count). The van der Waals surface area contributed by atoms with E-state index < -0.39 is 0 Å². The molecule has 122 valence electrons. The highest BCUT2D eigenvalue weighted by atomic mass is 35.5. The lowest BCUT2D eigenvalue weighted by molar-refractivity contribution is -0.113. The van der Waals surface area contributed by atoms with Crippen LogP contribution in [0.3, 0.4) is 0 Å². The molecule has 0 aliphatic carbocycles. The van der Waals surface area contributed by atoms with Crippen LogP contribution in [0.4, 0.5) is 10.1 Å². The zero-order valence-corrected chi connectivity index (χ0v) is 14.8. The van der Waals surface area contributed by atoms with Gasteiger partial charge in [0.15, 0.2) is 4.32 Å². The first-order valence-corrected chi connectivity index (χ1v) is 8.47. The van der Waals surface area contributed by atoms with Crippen LogP contribution in [0.15, 0.2) is 47.4 Å². The number of halogens is 2. The Labute approximate surface area is 153 Å². The molecule has 0 atom stereocenters. The van der Waals surface area contributed by atoms with Crippen LogP contribution in [-0.2, 0) is 4.79 Å². The number of thiocarbonyl (C=S) groups is 1. The van der Waals surface area contributed by atoms with Crippen LogP contribution in [0.25, 0.3) is 6.08 Å². The van der Waals surface area contributed by atoms with Gasteiger partial charge in [0, 0.05) is 0 Å². The maximum Gasteiger partial charge on any atom is 0.270 e. The number of nitrogens with zero attached hydrogens (tertiary/aromatic N) is 1. The zero-order chi connectivity index (χ0) is 17.3. The minimum absolute atomic E-state index is 0.240. The summed E-state index contributed by atoms with van der Waals surface area (Å²) in [6.07, 6.45) is 1.68. The van der Waals surface area contributed by atoms with Gasteiger partial charge in [-0.3, -0.25) is 9.69 Å². The fourth-order valence-electron chi connectivity index (χ4n) is 2.20. The highest BCUT2D eigenvalue weighted by molar-refractivity contribution is 8.27. The Kier molecular flexibility index (Phi) is 4.89. The van der Waals surface area contributed by atoms with Crippen LogP contribution in [0.5, 0.6) is 5.75 Å². The van der Waals surface area contributed by atoms with Crippen molar-refractivity contribution in [2.24, 2.45) is 0 Å². The number of rotatable bonds is 3. The molecule has 1 aliphatic heterocycles. The van der Waals surface area contributed by atoms with Crippen LogP contribution >= 0.6 is 35.6 Å². The third-order valence-corrected chi connectivity index (χ3v) is 4.95. The summed E-state index contributed by atoms with van der Waals surface area (Å²) in [4.78, 5) is 14.5. The Morgan fingerprint density at radius 2 is 1.96 bits per heavy atom. The SMILES string of the molecule is COc1ccc(N2C(=O)/C(=C\c3ccc(F)cc3)SC2=S)cc1Cl. The summed E-state index contributed by atoms with van der Waals surface area (Å²) in [5, 5.41) is 0.395. The summed E-state index contributed by atoms with van der Waals surface area (Å²) in [5.41, 5.74) is 1.30. The van der Waals surface area contributed by atoms with Gasteiger partial charge in [0.25, 0.3) is 5.91 Å². The average molecular weight is 380 g/mol. The highest BCUT2D eigenvalue weighted by Gasteiger charge is 2.33. The lowest BCUT2D eigenvalue weighted by atomic mass is 10.2. The van der Waals surface area contributed by atoms with Crippen molar-refractivity contribution in [1.29, 1.82) is 0 Å². The summed E-state index contributed by atoms with van der Waals surface area (Å²) < 4.78 is 18.5. The van der Waals surface area contributed by atoms with E-state index in [1.165, 1.54) is 35.9 Å². The van der Waals surface area contributed by atoms with Crippen molar-refractivity contribution < 1.29 is 13.9 Å². The molecule has 0 aromatic heterocycles. The second-order valence-corrected chi connectivity index (χ2v) is 6.97. The van der Waals surface area contributed by atoms with Crippen molar-refractivity contribution in [3.63, 3.8) is 0 Å². The molecule has 0 saturated carbocycles. The number of hydrogen-bond donors (Lipinski definition) is 0. The molecule has 0 spiro atoms. The molecule has 0 N–H and O–H groups in total. The number of benzene rings is 2. The number of carbonyl (C=O) groups excluding carboxylic acids is 1. The quantitative estimate of drug-likeness (QED) is 0.560. The van der Waals surface area contributed by atoms with E-state index in [1.54, 1.807) is 36.4 Å². The molecule has 1 amide bonds. The number of ether oxygens (including phenoxy) is 1. The van der Waals surface area contributed by atoms with Gasteiger partial charge < -0.3 is 4.74 Å². The maximum absolute atomic E-state index is 13.0. The minimum atomic E-state index is -0.326. The molecule has 3 nitrogen and oxygen atoms in total. The van der Waals surface area contributed by atoms with Gasteiger partial charge in [-0.05, 0) is 42.0 Å². The van der Waals surface area contributed by atoms with Crippen LogP contribution < -0.4 is 9.64 Å². The second kappa shape index (κ2) is 6.93. The second-order valence-electron chi connectivity index (χ2n) is 4.89. The Balaban J connectivity index is 1.91. The number of methoxy groups -OCH3 is 1. The van der Waals surface area contributed by atoms with Crippen LogP contribution in [0.2, 0.25) is 5.02 Å². The Morgan fingerprint density at radius 3 is 2.58 bits per heavy atom. The molecule has 7 heteroatoms. The number of carbonyl (C=O) groups is 1. The van der Waals surface area contributed by atoms with Crippen LogP contribution in [0.1, 0.15) is 5.56 Å². The van der Waals surface area contributed by atoms with Gasteiger partial charge in [-0.15, -0.1) is 0 Å². The normalized spacial score (nSPS) is 16.1. The predicted molar refractivity (Wildman–Crippen MR) is 100 cm³/mol. The molecule has 1 aliphatic rings. The van der Waals surface area contributed by atoms with Crippen LogP contribution in [-0.4, -0.2) is 17.3 Å². The minimum Gasteiger partial charge on any atom is -0.495 e. The van der Waals surface area contributed by atoms with E-state index in [4.69, 9.17) is 28.6 Å². The summed E-state index contributed by atoms with van der Waals surface area (Å²) >= 11 is 12.6. The third kappa shape index (κ3) is 3.31. The van der Waals surface area contributed by atoms with Gasteiger partial charge in [0.05, 0.1) is 22.7 Å². The monoisotopic (exact) mass is 379 g/mol. The molecule has 2 aromatic rings. The number of amides is 1. The molecule has 2 aromatic carbocycles. The standard InChI is InChI=1S/C17H11ClFNO2S2/c1-22-14-7-6-12(9-13(14)18)20-16(21)15(24-17(20)23)8-10-2-4-11(19)5-3-10/h2-9H,1H3/b15-8+. The fourth-order valence-corrected chi connectivity index (χ4v) is 3.75. The van der Waals surface area contributed by atoms with Gasteiger partial charge in [-0.2, -0.15) is 0 Å². The van der Waals surface area contributed by atoms with E-state index in [2.05, 4.69) is 0 Å². The molecule has 0 bridgehead atoms. The summed E-state index contributed by atoms with van der Waals surface area (Å²) in [6, 6.07) is 10.9. The predicted octanol–water partition coefficient (Wildman–Crippen LogP) is 4.89. The van der Waals surface area contributed by atoms with Crippen molar-refractivity contribution in [3.05, 3.63) is 63.8 Å². The van der Waals surface area contributed by atoms with Crippen molar-refractivity contribution in [2.75, 3.05) is 12.0 Å². The smallest absolute Gasteiger partial charge is 0.270 e. The molecular formula is C17H11ClFNO2S2. The molecule has 1 saturated heterocycles. The number of hydrogen-bond acceptors (Lipinski definition) is 4. The molecular weight excluding hydrogens is 369 g/mol. The van der Waals surface area contributed by atoms with Crippen LogP contribution in [0, 0.1) is 5.82 Å². The van der Waals surface area contributed by atoms with Crippen molar-refractivity contribution in [1.82, 2.24) is 0 Å². The van der Waals surface area contributed by atoms with Crippen molar-refractivity contribution in [3.8, 4) is 5.75 Å². The Hall–Kier alpha value is -1.89. The first kappa shape index (κ1) is 17.0. The van der Waals surface area contributed by atoms with E-state index >= 15 is 0 Å². The van der Waals surface area contributed by atoms with E-state index in [1.807, 2.05) is 0 Å². The Bertz CT molecular complexity index is 852. The highest BCUT2D eigenvalue weighted by Crippen LogP contribution is 2.38. The lowest BCUT2D eigenvalue weighted by Crippen LogP contribution is -2.27. The lowest BCUT2D eigenvalue weighted by Gasteiger charge is -2.15. The molecule has 0 radical (unpaired) electrons. The summed E-state index contributed by atoms with van der Waals surface area (Å²) in [7, 11) is 1.52. The summed E-state index contributed by atoms with van der Waals surface area (Å²) in [6.45, 7) is 0.